The summed E-state index contributed by atoms with van der Waals surface area (Å²) in [4.78, 5) is 22.0. The first-order valence-electron chi connectivity index (χ1n) is 6.83. The fourth-order valence-corrected chi connectivity index (χ4v) is 2.46. The molecule has 20 heavy (non-hydrogen) atoms. The molecule has 0 aliphatic heterocycles. The van der Waals surface area contributed by atoms with Crippen molar-refractivity contribution in [3.63, 3.8) is 0 Å². The van der Waals surface area contributed by atoms with E-state index in [9.17, 15) is 9.59 Å². The molecule has 0 aromatic heterocycles. The molecule has 0 radical (unpaired) electrons. The maximum absolute atomic E-state index is 11.6. The molecule has 2 rings (SSSR count). The maximum atomic E-state index is 11.6. The fourth-order valence-electron chi connectivity index (χ4n) is 2.46. The number of carboxylic acid groups (broad SMARTS) is 1. The summed E-state index contributed by atoms with van der Waals surface area (Å²) in [5, 5.41) is 13.9. The molecule has 1 fully saturated rings. The predicted molar refractivity (Wildman–Crippen MR) is 75.7 cm³/mol. The lowest BCUT2D eigenvalue weighted by molar-refractivity contribution is -0.136. The van der Waals surface area contributed by atoms with Crippen molar-refractivity contribution in [3.05, 3.63) is 35.4 Å². The molecular formula is C15H20N2O3. The third kappa shape index (κ3) is 3.50. The molecular weight excluding hydrogens is 256 g/mol. The minimum absolute atomic E-state index is 0.0592. The van der Waals surface area contributed by atoms with Gasteiger partial charge in [0.2, 0.25) is 0 Å². The van der Waals surface area contributed by atoms with Gasteiger partial charge in [-0.05, 0) is 30.9 Å². The standard InChI is InChI=1S/C15H20N2O3/c1-11-4-2-3-5-12(11)15(7-8-15)10-17-14(20)16-9-6-13(18)19/h2-5H,6-10H2,1H3,(H,18,19)(H2,16,17,20). The van der Waals surface area contributed by atoms with E-state index in [-0.39, 0.29) is 24.4 Å². The van der Waals surface area contributed by atoms with E-state index < -0.39 is 5.97 Å². The number of hydrogen-bond donors (Lipinski definition) is 3. The van der Waals surface area contributed by atoms with E-state index >= 15 is 0 Å². The summed E-state index contributed by atoms with van der Waals surface area (Å²) in [5.41, 5.74) is 2.61. The Morgan fingerprint density at radius 3 is 2.55 bits per heavy atom. The predicted octanol–water partition coefficient (Wildman–Crippen LogP) is 1.80. The van der Waals surface area contributed by atoms with Crippen LogP contribution in [-0.4, -0.2) is 30.2 Å². The lowest BCUT2D eigenvalue weighted by atomic mass is 9.92. The van der Waals surface area contributed by atoms with E-state index in [0.29, 0.717) is 6.54 Å². The first kappa shape index (κ1) is 14.4. The van der Waals surface area contributed by atoms with Gasteiger partial charge in [0.25, 0.3) is 0 Å². The van der Waals surface area contributed by atoms with Crippen molar-refractivity contribution in [1.29, 1.82) is 0 Å². The Kier molecular flexibility index (Phi) is 4.27. The third-order valence-corrected chi connectivity index (χ3v) is 3.78. The fraction of sp³-hybridized carbons (Fsp3) is 0.467. The van der Waals surface area contributed by atoms with Crippen molar-refractivity contribution < 1.29 is 14.7 Å². The van der Waals surface area contributed by atoms with Gasteiger partial charge in [-0.3, -0.25) is 4.79 Å². The van der Waals surface area contributed by atoms with Crippen LogP contribution in [0.4, 0.5) is 4.79 Å². The number of aliphatic carboxylic acids is 1. The second kappa shape index (κ2) is 5.94. The number of hydrogen-bond acceptors (Lipinski definition) is 2. The summed E-state index contributed by atoms with van der Waals surface area (Å²) in [5.74, 6) is -0.913. The molecule has 0 bridgehead atoms. The Hall–Kier alpha value is -2.04. The van der Waals surface area contributed by atoms with Gasteiger partial charge in [0, 0.05) is 18.5 Å². The molecule has 0 atom stereocenters. The minimum Gasteiger partial charge on any atom is -0.481 e. The van der Waals surface area contributed by atoms with Crippen LogP contribution in [0.15, 0.2) is 24.3 Å². The molecule has 3 N–H and O–H groups in total. The van der Waals surface area contributed by atoms with Gasteiger partial charge >= 0.3 is 12.0 Å². The number of rotatable bonds is 6. The lowest BCUT2D eigenvalue weighted by Crippen LogP contribution is -2.40. The second-order valence-electron chi connectivity index (χ2n) is 5.35. The van der Waals surface area contributed by atoms with Gasteiger partial charge in [-0.15, -0.1) is 0 Å². The van der Waals surface area contributed by atoms with Crippen molar-refractivity contribution in [2.75, 3.05) is 13.1 Å². The van der Waals surface area contributed by atoms with Gasteiger partial charge < -0.3 is 15.7 Å². The third-order valence-electron chi connectivity index (χ3n) is 3.78. The van der Waals surface area contributed by atoms with E-state index in [1.807, 2.05) is 12.1 Å². The number of carbonyl (C=O) groups is 2. The maximum Gasteiger partial charge on any atom is 0.314 e. The zero-order chi connectivity index (χ0) is 14.6. The zero-order valence-electron chi connectivity index (χ0n) is 11.6. The summed E-state index contributed by atoms with van der Waals surface area (Å²) < 4.78 is 0. The van der Waals surface area contributed by atoms with Crippen molar-refractivity contribution in [3.8, 4) is 0 Å². The van der Waals surface area contributed by atoms with Gasteiger partial charge in [-0.1, -0.05) is 24.3 Å². The van der Waals surface area contributed by atoms with Crippen molar-refractivity contribution in [1.82, 2.24) is 10.6 Å². The molecule has 0 saturated heterocycles. The van der Waals surface area contributed by atoms with Crippen LogP contribution in [0.3, 0.4) is 0 Å². The number of carboxylic acids is 1. The first-order chi connectivity index (χ1) is 9.53. The van der Waals surface area contributed by atoms with Crippen LogP contribution in [0, 0.1) is 6.92 Å². The highest BCUT2D eigenvalue weighted by atomic mass is 16.4. The second-order valence-corrected chi connectivity index (χ2v) is 5.35. The normalized spacial score (nSPS) is 15.4. The summed E-state index contributed by atoms with van der Waals surface area (Å²) in [6.45, 7) is 2.83. The SMILES string of the molecule is Cc1ccccc1C1(CNC(=O)NCCC(=O)O)CC1. The number of nitrogens with one attached hydrogen (secondary N) is 2. The Morgan fingerprint density at radius 2 is 1.95 bits per heavy atom. The molecule has 1 aliphatic rings. The number of carbonyl (C=O) groups excluding carboxylic acids is 1. The first-order valence-corrected chi connectivity index (χ1v) is 6.83. The van der Waals surface area contributed by atoms with Crippen LogP contribution in [0.25, 0.3) is 0 Å². The highest BCUT2D eigenvalue weighted by Crippen LogP contribution is 2.48. The summed E-state index contributed by atoms with van der Waals surface area (Å²) in [6, 6.07) is 7.94. The van der Waals surface area contributed by atoms with Crippen LogP contribution in [0.1, 0.15) is 30.4 Å². The van der Waals surface area contributed by atoms with Crippen LogP contribution >= 0.6 is 0 Å². The molecule has 1 aromatic carbocycles. The number of urea groups is 1. The Morgan fingerprint density at radius 1 is 1.25 bits per heavy atom. The lowest BCUT2D eigenvalue weighted by Gasteiger charge is -2.19. The smallest absolute Gasteiger partial charge is 0.314 e. The van der Waals surface area contributed by atoms with Crippen LogP contribution in [0.5, 0.6) is 0 Å². The zero-order valence-corrected chi connectivity index (χ0v) is 11.6. The largest absolute Gasteiger partial charge is 0.481 e. The molecule has 2 amide bonds. The van der Waals surface area contributed by atoms with E-state index in [4.69, 9.17) is 5.11 Å². The molecule has 5 nitrogen and oxygen atoms in total. The van der Waals surface area contributed by atoms with Gasteiger partial charge in [0.05, 0.1) is 6.42 Å². The summed E-state index contributed by atoms with van der Waals surface area (Å²) >= 11 is 0. The number of benzene rings is 1. The molecule has 1 saturated carbocycles. The Bertz CT molecular complexity index is 510. The van der Waals surface area contributed by atoms with Crippen molar-refractivity contribution in [2.45, 2.75) is 31.6 Å². The van der Waals surface area contributed by atoms with E-state index in [1.54, 1.807) is 0 Å². The number of aryl methyl sites for hydroxylation is 1. The highest BCUT2D eigenvalue weighted by Gasteiger charge is 2.45. The van der Waals surface area contributed by atoms with Crippen LogP contribution in [0.2, 0.25) is 0 Å². The van der Waals surface area contributed by atoms with Gasteiger partial charge in [0.1, 0.15) is 0 Å². The molecule has 0 heterocycles. The summed E-state index contributed by atoms with van der Waals surface area (Å²) in [6.07, 6.45) is 2.09. The summed E-state index contributed by atoms with van der Waals surface area (Å²) in [7, 11) is 0. The average molecular weight is 276 g/mol. The monoisotopic (exact) mass is 276 g/mol. The quantitative estimate of drug-likeness (QED) is 0.741. The Labute approximate surface area is 118 Å². The van der Waals surface area contributed by atoms with Crippen molar-refractivity contribution in [2.24, 2.45) is 0 Å². The molecule has 5 heteroatoms. The van der Waals surface area contributed by atoms with E-state index in [2.05, 4.69) is 29.7 Å². The van der Waals surface area contributed by atoms with E-state index in [1.165, 1.54) is 11.1 Å². The minimum atomic E-state index is -0.913. The van der Waals surface area contributed by atoms with E-state index in [0.717, 1.165) is 12.8 Å². The number of amides is 2. The van der Waals surface area contributed by atoms with Crippen molar-refractivity contribution >= 4 is 12.0 Å². The average Bonchev–Trinajstić information content (AvgIpc) is 3.17. The van der Waals surface area contributed by atoms with Gasteiger partial charge in [0.15, 0.2) is 0 Å². The molecule has 0 unspecified atom stereocenters. The van der Waals surface area contributed by atoms with Gasteiger partial charge in [-0.25, -0.2) is 4.79 Å². The van der Waals surface area contributed by atoms with Crippen LogP contribution < -0.4 is 10.6 Å². The molecule has 0 spiro atoms. The molecule has 108 valence electrons. The Balaban J connectivity index is 1.83. The van der Waals surface area contributed by atoms with Crippen LogP contribution in [-0.2, 0) is 10.2 Å². The topological polar surface area (TPSA) is 78.4 Å². The molecule has 1 aliphatic carbocycles. The highest BCUT2D eigenvalue weighted by molar-refractivity contribution is 5.75. The van der Waals surface area contributed by atoms with Gasteiger partial charge in [-0.2, -0.15) is 0 Å². The molecule has 1 aromatic rings.